The molecule has 1 unspecified atom stereocenters. The molecule has 1 saturated heterocycles. The van der Waals surface area contributed by atoms with Crippen molar-refractivity contribution in [2.24, 2.45) is 0 Å². The van der Waals surface area contributed by atoms with Crippen molar-refractivity contribution >= 4 is 17.7 Å². The molecular weight excluding hydrogens is 384 g/mol. The van der Waals surface area contributed by atoms with Crippen LogP contribution in [0.25, 0.3) is 0 Å². The molecule has 3 rings (SSSR count). The Labute approximate surface area is 176 Å². The molecule has 1 fully saturated rings. The topological polar surface area (TPSA) is 76.1 Å². The fraction of sp³-hybridized carbons (Fsp3) is 0.348. The van der Waals surface area contributed by atoms with Crippen molar-refractivity contribution in [2.75, 3.05) is 27.3 Å². The van der Waals surface area contributed by atoms with Crippen molar-refractivity contribution in [1.82, 2.24) is 9.80 Å². The highest BCUT2D eigenvalue weighted by Crippen LogP contribution is 2.39. The van der Waals surface area contributed by atoms with Crippen LogP contribution in [0.3, 0.4) is 0 Å². The van der Waals surface area contributed by atoms with E-state index in [1.165, 1.54) is 4.90 Å². The lowest BCUT2D eigenvalue weighted by Crippen LogP contribution is -2.43. The Bertz CT molecular complexity index is 959. The highest BCUT2D eigenvalue weighted by Gasteiger charge is 2.54. The van der Waals surface area contributed by atoms with Crippen LogP contribution < -0.4 is 4.74 Å². The van der Waals surface area contributed by atoms with Crippen molar-refractivity contribution in [3.05, 3.63) is 65.2 Å². The number of Topliss-reactive ketones (excluding diaryl/α,β-unsaturated/α-hetero) is 1. The summed E-state index contributed by atoms with van der Waals surface area (Å²) in [7, 11) is 3.13. The molecule has 30 heavy (non-hydrogen) atoms. The van der Waals surface area contributed by atoms with Gasteiger partial charge in [-0.15, -0.1) is 0 Å². The maximum Gasteiger partial charge on any atom is 0.328 e. The van der Waals surface area contributed by atoms with E-state index in [9.17, 15) is 14.4 Å². The van der Waals surface area contributed by atoms with Gasteiger partial charge in [0.25, 0.3) is 5.91 Å². The molecule has 1 atom stereocenters. The number of imide groups is 1. The minimum atomic E-state index is -1.28. The summed E-state index contributed by atoms with van der Waals surface area (Å²) in [5.41, 5.74) is 0.556. The molecular formula is C23H26N2O5. The number of urea groups is 1. The molecule has 1 heterocycles. The van der Waals surface area contributed by atoms with Crippen molar-refractivity contribution < 1.29 is 23.9 Å². The fourth-order valence-electron chi connectivity index (χ4n) is 3.71. The molecule has 0 aromatic heterocycles. The van der Waals surface area contributed by atoms with Gasteiger partial charge in [-0.05, 0) is 37.1 Å². The van der Waals surface area contributed by atoms with Gasteiger partial charge < -0.3 is 14.4 Å². The Kier molecular flexibility index (Phi) is 6.22. The summed E-state index contributed by atoms with van der Waals surface area (Å²) < 4.78 is 10.9. The van der Waals surface area contributed by atoms with E-state index >= 15 is 0 Å². The number of ether oxygens (including phenoxy) is 2. The van der Waals surface area contributed by atoms with E-state index in [-0.39, 0.29) is 18.9 Å². The van der Waals surface area contributed by atoms with Crippen LogP contribution in [-0.4, -0.2) is 54.8 Å². The second-order valence-corrected chi connectivity index (χ2v) is 7.28. The zero-order valence-corrected chi connectivity index (χ0v) is 17.7. The first kappa shape index (κ1) is 21.5. The van der Waals surface area contributed by atoms with E-state index in [0.29, 0.717) is 23.5 Å². The second-order valence-electron chi connectivity index (χ2n) is 7.28. The number of nitrogens with zero attached hydrogens (tertiary/aromatic N) is 2. The minimum absolute atomic E-state index is 0.273. The Hall–Kier alpha value is -3.19. The van der Waals surface area contributed by atoms with Crippen LogP contribution in [-0.2, 0) is 21.7 Å². The lowest BCUT2D eigenvalue weighted by molar-refractivity contribution is -0.132. The van der Waals surface area contributed by atoms with Gasteiger partial charge in [-0.3, -0.25) is 14.5 Å². The summed E-state index contributed by atoms with van der Waals surface area (Å²) in [6, 6.07) is 13.5. The molecule has 7 heteroatoms. The van der Waals surface area contributed by atoms with Crippen LogP contribution in [0.15, 0.2) is 48.5 Å². The average Bonchev–Trinajstić information content (AvgIpc) is 2.92. The Balaban J connectivity index is 1.99. The number of hydrogen-bond donors (Lipinski definition) is 0. The van der Waals surface area contributed by atoms with Crippen LogP contribution in [0, 0.1) is 0 Å². The number of carbonyl (C=O) groups excluding carboxylic acids is 3. The SMILES string of the molecule is CCOc1ccc(COC)c(C2(C)C(=O)N(CC(=O)c3ccccc3)C(=O)N2C)c1. The van der Waals surface area contributed by atoms with Gasteiger partial charge >= 0.3 is 6.03 Å². The van der Waals surface area contributed by atoms with Gasteiger partial charge in [0.05, 0.1) is 19.8 Å². The number of ketones is 1. The maximum absolute atomic E-state index is 13.5. The van der Waals surface area contributed by atoms with E-state index in [4.69, 9.17) is 9.47 Å². The second kappa shape index (κ2) is 8.67. The van der Waals surface area contributed by atoms with Crippen molar-refractivity contribution in [2.45, 2.75) is 26.0 Å². The molecule has 7 nitrogen and oxygen atoms in total. The number of hydrogen-bond acceptors (Lipinski definition) is 5. The molecule has 1 aliphatic rings. The zero-order valence-electron chi connectivity index (χ0n) is 17.7. The van der Waals surface area contributed by atoms with Gasteiger partial charge in [-0.25, -0.2) is 4.79 Å². The Morgan fingerprint density at radius 2 is 1.80 bits per heavy atom. The first-order valence-electron chi connectivity index (χ1n) is 9.77. The van der Waals surface area contributed by atoms with Gasteiger partial charge in [-0.2, -0.15) is 0 Å². The molecule has 2 aromatic rings. The molecule has 0 bridgehead atoms. The Morgan fingerprint density at radius 3 is 2.43 bits per heavy atom. The van der Waals surface area contributed by atoms with Crippen LogP contribution in [0.5, 0.6) is 5.75 Å². The normalized spacial score (nSPS) is 18.8. The average molecular weight is 410 g/mol. The summed E-state index contributed by atoms with van der Waals surface area (Å²) >= 11 is 0. The molecule has 0 saturated carbocycles. The first-order chi connectivity index (χ1) is 14.3. The lowest BCUT2D eigenvalue weighted by atomic mass is 9.86. The molecule has 158 valence electrons. The summed E-state index contributed by atoms with van der Waals surface area (Å²) in [4.78, 5) is 41.5. The quantitative estimate of drug-likeness (QED) is 0.493. The predicted molar refractivity (Wildman–Crippen MR) is 111 cm³/mol. The highest BCUT2D eigenvalue weighted by atomic mass is 16.5. The molecule has 3 amide bonds. The molecule has 2 aromatic carbocycles. The number of benzene rings is 2. The molecule has 1 aliphatic heterocycles. The van der Waals surface area contributed by atoms with Crippen LogP contribution in [0.2, 0.25) is 0 Å². The number of amides is 3. The smallest absolute Gasteiger partial charge is 0.328 e. The van der Waals surface area contributed by atoms with Gasteiger partial charge in [0.1, 0.15) is 11.3 Å². The lowest BCUT2D eigenvalue weighted by Gasteiger charge is -2.31. The third kappa shape index (κ3) is 3.68. The summed E-state index contributed by atoms with van der Waals surface area (Å²) in [5, 5.41) is 0. The van der Waals surface area contributed by atoms with Crippen LogP contribution in [0.1, 0.15) is 35.3 Å². The van der Waals surface area contributed by atoms with E-state index in [0.717, 1.165) is 10.5 Å². The molecule has 0 spiro atoms. The maximum atomic E-state index is 13.5. The summed E-state index contributed by atoms with van der Waals surface area (Å²) in [6.07, 6.45) is 0. The van der Waals surface area contributed by atoms with E-state index in [1.807, 2.05) is 19.1 Å². The monoisotopic (exact) mass is 410 g/mol. The van der Waals surface area contributed by atoms with Gasteiger partial charge in [0.2, 0.25) is 0 Å². The van der Waals surface area contributed by atoms with Crippen molar-refractivity contribution in [3.63, 3.8) is 0 Å². The number of likely N-dealkylation sites (N-methyl/N-ethyl adjacent to an activating group) is 1. The van der Waals surface area contributed by atoms with Crippen molar-refractivity contribution in [3.8, 4) is 5.75 Å². The largest absolute Gasteiger partial charge is 0.494 e. The van der Waals surface area contributed by atoms with Crippen molar-refractivity contribution in [1.29, 1.82) is 0 Å². The van der Waals surface area contributed by atoms with Crippen LogP contribution >= 0.6 is 0 Å². The van der Waals surface area contributed by atoms with Gasteiger partial charge in [-0.1, -0.05) is 36.4 Å². The highest BCUT2D eigenvalue weighted by molar-refractivity contribution is 6.11. The van der Waals surface area contributed by atoms with Gasteiger partial charge in [0, 0.05) is 19.7 Å². The standard InChI is InChI=1S/C23H26N2O5/c1-5-30-18-12-11-17(15-29-4)19(13-18)23(2)21(27)25(22(28)24(23)3)14-20(26)16-9-7-6-8-10-16/h6-13H,5,14-15H2,1-4H3. The van der Waals surface area contributed by atoms with E-state index in [2.05, 4.69) is 0 Å². The third-order valence-corrected chi connectivity index (χ3v) is 5.46. The molecule has 0 N–H and O–H groups in total. The summed E-state index contributed by atoms with van der Waals surface area (Å²) in [5.74, 6) is -0.151. The minimum Gasteiger partial charge on any atom is -0.494 e. The predicted octanol–water partition coefficient (Wildman–Crippen LogP) is 3.22. The van der Waals surface area contributed by atoms with Crippen LogP contribution in [0.4, 0.5) is 4.79 Å². The summed E-state index contributed by atoms with van der Waals surface area (Å²) in [6.45, 7) is 3.99. The first-order valence-corrected chi connectivity index (χ1v) is 9.77. The number of carbonyl (C=O) groups is 3. The molecule has 0 aliphatic carbocycles. The van der Waals surface area contributed by atoms with E-state index in [1.54, 1.807) is 57.5 Å². The third-order valence-electron chi connectivity index (χ3n) is 5.46. The zero-order chi connectivity index (χ0) is 21.9. The number of methoxy groups -OCH3 is 1. The molecule has 0 radical (unpaired) electrons. The fourth-order valence-corrected chi connectivity index (χ4v) is 3.71. The number of rotatable bonds is 8. The van der Waals surface area contributed by atoms with E-state index < -0.39 is 17.5 Å². The van der Waals surface area contributed by atoms with Gasteiger partial charge in [0.15, 0.2) is 5.78 Å². The Morgan fingerprint density at radius 1 is 1.10 bits per heavy atom.